The molecule has 0 spiro atoms. The van der Waals surface area contributed by atoms with Crippen LogP contribution in [0.25, 0.3) is 49.9 Å². The molecular weight excluding hydrogens is 595 g/mol. The Morgan fingerprint density at radius 3 is 1.53 bits per heavy atom. The topological polar surface area (TPSA) is 48.5 Å². The SMILES string of the molecule is C=N/C(=C\C(=N/Cc1ccccc1)c1ccccc1)c1ccc(-c2ccc3cc(-c4ccc(-c5ccc(C#N)cc5)cc4)ccc3c2)cc1. The Morgan fingerprint density at radius 2 is 1.00 bits per heavy atom. The van der Waals surface area contributed by atoms with Crippen molar-refractivity contribution in [2.75, 3.05) is 0 Å². The fourth-order valence-corrected chi connectivity index (χ4v) is 5.97. The first-order valence-electron chi connectivity index (χ1n) is 16.2. The van der Waals surface area contributed by atoms with Crippen LogP contribution in [0.4, 0.5) is 0 Å². The van der Waals surface area contributed by atoms with Crippen molar-refractivity contribution in [1.82, 2.24) is 0 Å². The van der Waals surface area contributed by atoms with Crippen LogP contribution in [-0.2, 0) is 6.54 Å². The molecule has 7 aromatic carbocycles. The van der Waals surface area contributed by atoms with Gasteiger partial charge in [-0.3, -0.25) is 9.98 Å². The van der Waals surface area contributed by atoms with E-state index in [-0.39, 0.29) is 0 Å². The van der Waals surface area contributed by atoms with E-state index in [1.165, 1.54) is 21.9 Å². The Kier molecular flexibility index (Phi) is 9.12. The first-order chi connectivity index (χ1) is 24.2. The zero-order valence-corrected chi connectivity index (χ0v) is 27.0. The van der Waals surface area contributed by atoms with E-state index in [9.17, 15) is 0 Å². The molecule has 0 N–H and O–H groups in total. The van der Waals surface area contributed by atoms with Crippen molar-refractivity contribution in [3.8, 4) is 39.4 Å². The van der Waals surface area contributed by atoms with Crippen molar-refractivity contribution < 1.29 is 0 Å². The summed E-state index contributed by atoms with van der Waals surface area (Å²) < 4.78 is 0. The maximum absolute atomic E-state index is 9.08. The summed E-state index contributed by atoms with van der Waals surface area (Å²) >= 11 is 0. The van der Waals surface area contributed by atoms with Gasteiger partial charge in [-0.05, 0) is 92.3 Å². The van der Waals surface area contributed by atoms with Crippen molar-refractivity contribution in [2.45, 2.75) is 6.54 Å². The molecule has 0 unspecified atom stereocenters. The maximum atomic E-state index is 9.08. The summed E-state index contributed by atoms with van der Waals surface area (Å²) in [4.78, 5) is 9.36. The van der Waals surface area contributed by atoms with Crippen LogP contribution in [0.5, 0.6) is 0 Å². The fraction of sp³-hybridized carbons (Fsp3) is 0.0217. The zero-order valence-electron chi connectivity index (χ0n) is 27.0. The van der Waals surface area contributed by atoms with E-state index in [0.29, 0.717) is 12.1 Å². The number of allylic oxidation sites excluding steroid dienone is 1. The maximum Gasteiger partial charge on any atom is 0.0991 e. The minimum Gasteiger partial charge on any atom is -0.280 e. The van der Waals surface area contributed by atoms with E-state index in [4.69, 9.17) is 10.3 Å². The predicted octanol–water partition coefficient (Wildman–Crippen LogP) is 11.4. The lowest BCUT2D eigenvalue weighted by Gasteiger charge is -2.10. The minimum absolute atomic E-state index is 0.584. The number of hydrogen-bond donors (Lipinski definition) is 0. The van der Waals surface area contributed by atoms with Gasteiger partial charge in [0.1, 0.15) is 0 Å². The highest BCUT2D eigenvalue weighted by molar-refractivity contribution is 6.12. The van der Waals surface area contributed by atoms with Gasteiger partial charge < -0.3 is 0 Å². The molecule has 0 amide bonds. The lowest BCUT2D eigenvalue weighted by Crippen LogP contribution is -1.99. The number of hydrogen-bond acceptors (Lipinski definition) is 3. The standard InChI is InChI=1S/C46H33N3/c1-48-45(30-46(39-10-6-3-7-11-39)49-32-34-8-4-2-5-9-34)40-22-20-38(21-23-40)42-25-27-43-28-41(24-26-44(43)29-42)37-18-16-36(17-19-37)35-14-12-33(31-47)13-15-35/h2-30H,1,32H2/b45-30-,49-46+. The summed E-state index contributed by atoms with van der Waals surface area (Å²) in [5.41, 5.74) is 12.4. The Balaban J connectivity index is 1.11. The van der Waals surface area contributed by atoms with Gasteiger partial charge in [0.15, 0.2) is 0 Å². The molecule has 7 rings (SSSR count). The van der Waals surface area contributed by atoms with Crippen LogP contribution < -0.4 is 0 Å². The highest BCUT2D eigenvalue weighted by Crippen LogP contribution is 2.31. The summed E-state index contributed by atoms with van der Waals surface area (Å²) in [5.74, 6) is 0. The second kappa shape index (κ2) is 14.4. The average Bonchev–Trinajstić information content (AvgIpc) is 3.18. The number of benzene rings is 7. The lowest BCUT2D eigenvalue weighted by molar-refractivity contribution is 1.07. The second-order valence-electron chi connectivity index (χ2n) is 11.9. The normalized spacial score (nSPS) is 11.7. The molecule has 0 aromatic heterocycles. The van der Waals surface area contributed by atoms with Crippen molar-refractivity contribution in [1.29, 1.82) is 5.26 Å². The molecule has 3 heteroatoms. The lowest BCUT2D eigenvalue weighted by atomic mass is 9.96. The molecular formula is C46H33N3. The second-order valence-corrected chi connectivity index (χ2v) is 11.9. The van der Waals surface area contributed by atoms with Crippen LogP contribution >= 0.6 is 0 Å². The van der Waals surface area contributed by atoms with Gasteiger partial charge in [0.25, 0.3) is 0 Å². The monoisotopic (exact) mass is 627 g/mol. The summed E-state index contributed by atoms with van der Waals surface area (Å²) in [6, 6.07) is 60.7. The molecule has 0 aliphatic heterocycles. The molecule has 0 aliphatic rings. The van der Waals surface area contributed by atoms with Gasteiger partial charge in [0, 0.05) is 5.56 Å². The molecule has 0 saturated heterocycles. The molecule has 0 saturated carbocycles. The molecule has 3 nitrogen and oxygen atoms in total. The Labute approximate surface area is 287 Å². The Hall–Kier alpha value is -6.63. The van der Waals surface area contributed by atoms with E-state index in [1.807, 2.05) is 66.7 Å². The first kappa shape index (κ1) is 31.0. The third-order valence-corrected chi connectivity index (χ3v) is 8.71. The number of nitriles is 1. The molecule has 0 bridgehead atoms. The summed E-state index contributed by atoms with van der Waals surface area (Å²) in [6.07, 6.45) is 2.02. The average molecular weight is 628 g/mol. The van der Waals surface area contributed by atoms with Crippen molar-refractivity contribution in [3.05, 3.63) is 198 Å². The van der Waals surface area contributed by atoms with Gasteiger partial charge in [-0.2, -0.15) is 5.26 Å². The van der Waals surface area contributed by atoms with Gasteiger partial charge in [0.2, 0.25) is 0 Å². The molecule has 49 heavy (non-hydrogen) atoms. The molecule has 0 aliphatic carbocycles. The van der Waals surface area contributed by atoms with Crippen LogP contribution in [0.2, 0.25) is 0 Å². The number of nitrogens with zero attached hydrogens (tertiary/aromatic N) is 3. The highest BCUT2D eigenvalue weighted by Gasteiger charge is 2.08. The first-order valence-corrected chi connectivity index (χ1v) is 16.2. The third kappa shape index (κ3) is 7.20. The summed E-state index contributed by atoms with van der Waals surface area (Å²) in [5, 5.41) is 11.5. The van der Waals surface area contributed by atoms with Crippen LogP contribution in [0.3, 0.4) is 0 Å². The largest absolute Gasteiger partial charge is 0.280 e. The van der Waals surface area contributed by atoms with Crippen LogP contribution in [0, 0.1) is 11.3 Å². The van der Waals surface area contributed by atoms with Gasteiger partial charge in [-0.25, -0.2) is 0 Å². The molecule has 7 aromatic rings. The van der Waals surface area contributed by atoms with Crippen LogP contribution in [0.1, 0.15) is 22.3 Å². The highest BCUT2D eigenvalue weighted by atomic mass is 14.8. The van der Waals surface area contributed by atoms with Gasteiger partial charge in [-0.1, -0.05) is 146 Å². The molecule has 0 fully saturated rings. The van der Waals surface area contributed by atoms with E-state index < -0.39 is 0 Å². The van der Waals surface area contributed by atoms with Crippen LogP contribution in [0.15, 0.2) is 186 Å². The summed E-state index contributed by atoms with van der Waals surface area (Å²) in [7, 11) is 0. The molecule has 0 heterocycles. The molecule has 0 atom stereocenters. The van der Waals surface area contributed by atoms with E-state index in [1.54, 1.807) is 0 Å². The quantitative estimate of drug-likeness (QED) is 0.147. The van der Waals surface area contributed by atoms with E-state index in [2.05, 4.69) is 127 Å². The summed E-state index contributed by atoms with van der Waals surface area (Å²) in [6.45, 7) is 4.47. The number of aliphatic imine (C=N–C) groups is 2. The van der Waals surface area contributed by atoms with Gasteiger partial charge in [-0.15, -0.1) is 0 Å². The van der Waals surface area contributed by atoms with Crippen molar-refractivity contribution >= 4 is 28.9 Å². The van der Waals surface area contributed by atoms with E-state index in [0.717, 1.165) is 50.4 Å². The predicted molar refractivity (Wildman–Crippen MR) is 206 cm³/mol. The fourth-order valence-electron chi connectivity index (χ4n) is 5.97. The Bertz CT molecular complexity index is 2330. The van der Waals surface area contributed by atoms with Crippen molar-refractivity contribution in [2.24, 2.45) is 9.98 Å². The van der Waals surface area contributed by atoms with Gasteiger partial charge in [0.05, 0.1) is 29.6 Å². The Morgan fingerprint density at radius 1 is 0.531 bits per heavy atom. The van der Waals surface area contributed by atoms with Crippen LogP contribution in [-0.4, -0.2) is 12.4 Å². The molecule has 232 valence electrons. The van der Waals surface area contributed by atoms with Gasteiger partial charge >= 0.3 is 0 Å². The van der Waals surface area contributed by atoms with E-state index >= 15 is 0 Å². The number of rotatable bonds is 9. The van der Waals surface area contributed by atoms with Crippen molar-refractivity contribution in [3.63, 3.8) is 0 Å². The molecule has 0 radical (unpaired) electrons. The third-order valence-electron chi connectivity index (χ3n) is 8.71. The zero-order chi connectivity index (χ0) is 33.4. The number of fused-ring (bicyclic) bond motifs is 1. The smallest absolute Gasteiger partial charge is 0.0991 e. The minimum atomic E-state index is 0.584.